The Morgan fingerprint density at radius 2 is 1.95 bits per heavy atom. The van der Waals surface area contributed by atoms with Gasteiger partial charge < -0.3 is 4.57 Å². The van der Waals surface area contributed by atoms with Crippen molar-refractivity contribution < 1.29 is 0 Å². The van der Waals surface area contributed by atoms with Crippen LogP contribution in [0.3, 0.4) is 0 Å². The Morgan fingerprint density at radius 1 is 1.18 bits per heavy atom. The third-order valence-electron chi connectivity index (χ3n) is 4.77. The van der Waals surface area contributed by atoms with Crippen LogP contribution in [0.25, 0.3) is 0 Å². The topological polar surface area (TPSA) is 17.0 Å². The van der Waals surface area contributed by atoms with Gasteiger partial charge in [0.2, 0.25) is 0 Å². The van der Waals surface area contributed by atoms with Gasteiger partial charge in [-0.05, 0) is 31.0 Å². The van der Waals surface area contributed by atoms with Crippen molar-refractivity contribution in [3.63, 3.8) is 0 Å². The molecule has 2 atom stereocenters. The third kappa shape index (κ3) is 3.11. The molecule has 0 aliphatic carbocycles. The maximum absolute atomic E-state index is 4.01. The second-order valence-electron chi connectivity index (χ2n) is 6.24. The summed E-state index contributed by atoms with van der Waals surface area (Å²) in [5.41, 5.74) is 1.62. The fourth-order valence-corrected chi connectivity index (χ4v) is 4.64. The molecule has 0 unspecified atom stereocenters. The number of benzene rings is 1. The second-order valence-corrected chi connectivity index (χ2v) is 7.26. The van der Waals surface area contributed by atoms with Gasteiger partial charge in [0.25, 0.3) is 0 Å². The van der Waals surface area contributed by atoms with Crippen molar-refractivity contribution in [1.82, 2.24) is 9.88 Å². The van der Waals surface area contributed by atoms with Crippen LogP contribution in [-0.2, 0) is 0 Å². The number of rotatable bonds is 5. The monoisotopic (exact) mass is 314 g/mol. The summed E-state index contributed by atoms with van der Waals surface area (Å²) in [6, 6.07) is 13.1. The van der Waals surface area contributed by atoms with E-state index in [1.54, 1.807) is 0 Å². The van der Waals surface area contributed by atoms with E-state index < -0.39 is 0 Å². The first-order valence-electron chi connectivity index (χ1n) is 8.40. The van der Waals surface area contributed by atoms with E-state index in [-0.39, 0.29) is 11.7 Å². The molecule has 3 heteroatoms. The van der Waals surface area contributed by atoms with Gasteiger partial charge in [-0.25, -0.2) is 0 Å². The van der Waals surface area contributed by atoms with Gasteiger partial charge >= 0.3 is 0 Å². The molecule has 2 heterocycles. The fraction of sp³-hybridized carbons (Fsp3) is 0.474. The molecule has 0 saturated heterocycles. The lowest BCUT2D eigenvalue weighted by Crippen LogP contribution is -2.49. The molecular weight excluding hydrogens is 288 g/mol. The number of nitrogens with zero attached hydrogens (tertiary/aromatic N) is 1. The highest BCUT2D eigenvalue weighted by Crippen LogP contribution is 2.38. The van der Waals surface area contributed by atoms with Crippen LogP contribution in [0.1, 0.15) is 51.3 Å². The number of nitrogens with one attached hydrogen (secondary N) is 1. The van der Waals surface area contributed by atoms with E-state index in [9.17, 15) is 0 Å². The molecule has 1 aliphatic heterocycles. The Hall–Kier alpha value is -1.19. The van der Waals surface area contributed by atoms with E-state index >= 15 is 0 Å². The quantitative estimate of drug-likeness (QED) is 0.830. The maximum atomic E-state index is 4.01. The van der Waals surface area contributed by atoms with Crippen LogP contribution in [0.2, 0.25) is 0 Å². The first kappa shape index (κ1) is 15.7. The van der Waals surface area contributed by atoms with Crippen molar-refractivity contribution >= 4 is 11.8 Å². The number of unbranched alkanes of at least 4 members (excludes halogenated alkanes) is 1. The molecule has 1 aliphatic rings. The number of fused-ring (bicyclic) bond motifs is 1. The van der Waals surface area contributed by atoms with E-state index in [0.29, 0.717) is 0 Å². The molecule has 0 spiro atoms. The van der Waals surface area contributed by atoms with Crippen molar-refractivity contribution in [3.05, 3.63) is 54.4 Å². The van der Waals surface area contributed by atoms with Gasteiger partial charge in [0, 0.05) is 34.1 Å². The van der Waals surface area contributed by atoms with E-state index in [1.165, 1.54) is 36.1 Å². The summed E-state index contributed by atoms with van der Waals surface area (Å²) < 4.78 is 2.31. The van der Waals surface area contributed by atoms with Gasteiger partial charge in [0.15, 0.2) is 0 Å². The summed E-state index contributed by atoms with van der Waals surface area (Å²) in [6.45, 7) is 4.61. The Labute approximate surface area is 138 Å². The average Bonchev–Trinajstić information content (AvgIpc) is 3.04. The maximum Gasteiger partial charge on any atom is 0.111 e. The van der Waals surface area contributed by atoms with Crippen molar-refractivity contribution in [2.45, 2.75) is 56.1 Å². The van der Waals surface area contributed by atoms with Crippen LogP contribution in [0.15, 0.2) is 53.7 Å². The van der Waals surface area contributed by atoms with Crippen molar-refractivity contribution in [2.24, 2.45) is 0 Å². The van der Waals surface area contributed by atoms with Crippen LogP contribution in [0.5, 0.6) is 0 Å². The lowest BCUT2D eigenvalue weighted by atomic mass is 9.91. The summed E-state index contributed by atoms with van der Waals surface area (Å²) in [4.78, 5) is 1.42. The fourth-order valence-electron chi connectivity index (χ4n) is 3.26. The lowest BCUT2D eigenvalue weighted by molar-refractivity contribution is 0.264. The molecule has 0 saturated carbocycles. The molecular formula is C19H26N2S. The Morgan fingerprint density at radius 3 is 2.68 bits per heavy atom. The minimum absolute atomic E-state index is 0.217. The molecule has 1 N–H and O–H groups in total. The molecule has 118 valence electrons. The summed E-state index contributed by atoms with van der Waals surface area (Å²) in [7, 11) is 0. The molecule has 0 bridgehead atoms. The van der Waals surface area contributed by atoms with Crippen LogP contribution in [0.4, 0.5) is 0 Å². The van der Waals surface area contributed by atoms with E-state index in [2.05, 4.69) is 72.5 Å². The van der Waals surface area contributed by atoms with Crippen LogP contribution < -0.4 is 5.32 Å². The average molecular weight is 314 g/mol. The first-order chi connectivity index (χ1) is 10.8. The Balaban J connectivity index is 1.99. The molecule has 1 aromatic heterocycles. The summed E-state index contributed by atoms with van der Waals surface area (Å²) in [5.74, 6) is 1.15. The highest BCUT2D eigenvalue weighted by molar-refractivity contribution is 7.99. The molecule has 2 aromatic rings. The molecule has 0 radical (unpaired) electrons. The molecule has 2 nitrogen and oxygen atoms in total. The van der Waals surface area contributed by atoms with E-state index in [0.717, 1.165) is 5.75 Å². The number of thioether (sulfide) groups is 1. The smallest absolute Gasteiger partial charge is 0.111 e. The predicted octanol–water partition coefficient (Wildman–Crippen LogP) is 5.07. The molecule has 1 aromatic carbocycles. The lowest BCUT2D eigenvalue weighted by Gasteiger charge is -2.36. The second kappa shape index (κ2) is 6.93. The van der Waals surface area contributed by atoms with Gasteiger partial charge in [0.1, 0.15) is 6.17 Å². The Bertz CT molecular complexity index is 593. The predicted molar refractivity (Wildman–Crippen MR) is 95.4 cm³/mol. The minimum atomic E-state index is 0.217. The number of aromatic nitrogens is 1. The zero-order chi connectivity index (χ0) is 15.4. The van der Waals surface area contributed by atoms with Gasteiger partial charge in [-0.15, -0.1) is 11.8 Å². The number of hydrogen-bond donors (Lipinski definition) is 1. The minimum Gasteiger partial charge on any atom is -0.334 e. The Kier molecular flexibility index (Phi) is 4.94. The SMILES string of the molecule is CCCC[C@]1(CC)CSc2ccccc2[C@H](n2cccc2)N1. The normalized spacial score (nSPS) is 24.7. The molecule has 0 fully saturated rings. The third-order valence-corrected chi connectivity index (χ3v) is 6.15. The van der Waals surface area contributed by atoms with Gasteiger partial charge in [-0.1, -0.05) is 44.9 Å². The van der Waals surface area contributed by atoms with E-state index in [1.807, 2.05) is 11.8 Å². The van der Waals surface area contributed by atoms with E-state index in [4.69, 9.17) is 0 Å². The van der Waals surface area contributed by atoms with Gasteiger partial charge in [-0.2, -0.15) is 0 Å². The van der Waals surface area contributed by atoms with Crippen LogP contribution in [0, 0.1) is 0 Å². The zero-order valence-electron chi connectivity index (χ0n) is 13.6. The van der Waals surface area contributed by atoms with Crippen LogP contribution >= 0.6 is 11.8 Å². The van der Waals surface area contributed by atoms with Crippen LogP contribution in [-0.4, -0.2) is 15.9 Å². The van der Waals surface area contributed by atoms with Crippen molar-refractivity contribution in [2.75, 3.05) is 5.75 Å². The zero-order valence-corrected chi connectivity index (χ0v) is 14.4. The summed E-state index contributed by atoms with van der Waals surface area (Å²) >= 11 is 2.02. The van der Waals surface area contributed by atoms with Gasteiger partial charge in [0.05, 0.1) is 0 Å². The summed E-state index contributed by atoms with van der Waals surface area (Å²) in [5, 5.41) is 4.01. The molecule has 0 amide bonds. The summed E-state index contributed by atoms with van der Waals surface area (Å²) in [6.07, 6.45) is 9.55. The molecule has 22 heavy (non-hydrogen) atoms. The largest absolute Gasteiger partial charge is 0.334 e. The van der Waals surface area contributed by atoms with Gasteiger partial charge in [-0.3, -0.25) is 5.32 Å². The highest BCUT2D eigenvalue weighted by atomic mass is 32.2. The number of hydrogen-bond acceptors (Lipinski definition) is 2. The van der Waals surface area contributed by atoms with Crippen molar-refractivity contribution in [1.29, 1.82) is 0 Å². The molecule has 3 rings (SSSR count). The standard InChI is InChI=1S/C19H26N2S/c1-3-5-12-19(4-2)15-22-17-11-7-6-10-16(17)18(20-19)21-13-8-9-14-21/h6-11,13-14,18,20H,3-5,12,15H2,1-2H3/t18-,19+/m0/s1. The first-order valence-corrected chi connectivity index (χ1v) is 9.38. The highest BCUT2D eigenvalue weighted by Gasteiger charge is 2.35. The van der Waals surface area contributed by atoms with Crippen molar-refractivity contribution in [3.8, 4) is 0 Å².